The molecule has 5 N–H and O–H groups in total. The zero-order valence-corrected chi connectivity index (χ0v) is 15.9. The fraction of sp³-hybridized carbons (Fsp3) is 0.263. The molecule has 0 radical (unpaired) electrons. The summed E-state index contributed by atoms with van der Waals surface area (Å²) in [7, 11) is 0. The first kappa shape index (κ1) is 21.5. The smallest absolute Gasteiger partial charge is 0.354 e. The third-order valence-electron chi connectivity index (χ3n) is 3.99. The van der Waals surface area contributed by atoms with Crippen molar-refractivity contribution >= 4 is 17.7 Å². The van der Waals surface area contributed by atoms with Crippen LogP contribution in [0.15, 0.2) is 35.5 Å². The molecular weight excluding hydrogens is 376 g/mol. The van der Waals surface area contributed by atoms with Crippen LogP contribution in [0.25, 0.3) is 0 Å². The second-order valence-corrected chi connectivity index (χ2v) is 6.45. The minimum Gasteiger partial charge on any atom is -0.477 e. The molecule has 10 heteroatoms. The number of aryl methyl sites for hydroxylation is 1. The molecule has 3 rings (SSSR count). The van der Waals surface area contributed by atoms with E-state index in [-0.39, 0.29) is 11.4 Å². The highest BCUT2D eigenvalue weighted by Crippen LogP contribution is 2.26. The van der Waals surface area contributed by atoms with Gasteiger partial charge in [0.05, 0.1) is 17.9 Å². The number of aromatic nitrogens is 2. The van der Waals surface area contributed by atoms with E-state index >= 15 is 0 Å². The topological polar surface area (TPSA) is 178 Å². The molecule has 29 heavy (non-hydrogen) atoms. The van der Waals surface area contributed by atoms with Gasteiger partial charge in [-0.15, -0.1) is 0 Å². The summed E-state index contributed by atoms with van der Waals surface area (Å²) in [6.07, 6.45) is 1.25. The van der Waals surface area contributed by atoms with Gasteiger partial charge in [-0.2, -0.15) is 5.26 Å². The summed E-state index contributed by atoms with van der Waals surface area (Å²) >= 11 is 0. The van der Waals surface area contributed by atoms with Crippen LogP contribution >= 0.6 is 0 Å². The van der Waals surface area contributed by atoms with Crippen molar-refractivity contribution < 1.29 is 19.4 Å². The lowest BCUT2D eigenvalue weighted by Gasteiger charge is -2.29. The van der Waals surface area contributed by atoms with Crippen LogP contribution in [0.5, 0.6) is 0 Å². The van der Waals surface area contributed by atoms with Gasteiger partial charge in [0.2, 0.25) is 0 Å². The van der Waals surface area contributed by atoms with E-state index in [9.17, 15) is 9.59 Å². The van der Waals surface area contributed by atoms with Crippen LogP contribution in [0.3, 0.4) is 0 Å². The van der Waals surface area contributed by atoms with Gasteiger partial charge in [-0.3, -0.25) is 9.79 Å². The molecule has 150 valence electrons. The van der Waals surface area contributed by atoms with Crippen molar-refractivity contribution in [3.05, 3.63) is 58.7 Å². The molecule has 2 aromatic heterocycles. The third-order valence-corrected chi connectivity index (χ3v) is 3.99. The van der Waals surface area contributed by atoms with Crippen molar-refractivity contribution in [2.24, 2.45) is 16.5 Å². The number of carboxylic acids is 1. The first-order valence-electron chi connectivity index (χ1n) is 8.45. The molecule has 0 bridgehead atoms. The molecular formula is C19H20N6O4. The van der Waals surface area contributed by atoms with E-state index in [1.54, 1.807) is 25.1 Å². The van der Waals surface area contributed by atoms with E-state index in [2.05, 4.69) is 15.0 Å². The molecule has 0 spiro atoms. The number of pyridine rings is 2. The fourth-order valence-corrected chi connectivity index (χ4v) is 2.60. The van der Waals surface area contributed by atoms with Gasteiger partial charge >= 0.3 is 5.97 Å². The molecule has 0 aromatic carbocycles. The summed E-state index contributed by atoms with van der Waals surface area (Å²) in [6, 6.07) is 8.43. The van der Waals surface area contributed by atoms with E-state index in [0.717, 1.165) is 0 Å². The zero-order chi connectivity index (χ0) is 21.6. The number of nitrogens with two attached hydrogens (primary N) is 2. The molecule has 1 atom stereocenters. The highest BCUT2D eigenvalue weighted by molar-refractivity contribution is 5.90. The van der Waals surface area contributed by atoms with Crippen LogP contribution in [0.4, 0.5) is 0 Å². The molecule has 10 nitrogen and oxygen atoms in total. The molecule has 0 aliphatic carbocycles. The highest BCUT2D eigenvalue weighted by Gasteiger charge is 2.31. The maximum atomic E-state index is 11.1. The number of nitrogens with zero attached hydrogens (tertiary/aromatic N) is 4. The molecule has 0 unspecified atom stereocenters. The number of amidine groups is 1. The summed E-state index contributed by atoms with van der Waals surface area (Å²) in [5, 5.41) is 17.0. The molecule has 0 saturated heterocycles. The Balaban J connectivity index is 0.000000221. The number of aliphatic imine (C=N–C) groups is 1. The van der Waals surface area contributed by atoms with Crippen molar-refractivity contribution in [1.82, 2.24) is 9.97 Å². The molecule has 0 fully saturated rings. The number of hydrogen-bond donors (Lipinski definition) is 3. The number of aromatic carboxylic acids is 1. The summed E-state index contributed by atoms with van der Waals surface area (Å²) in [5.41, 5.74) is 11.9. The van der Waals surface area contributed by atoms with Gasteiger partial charge in [0.15, 0.2) is 5.69 Å². The van der Waals surface area contributed by atoms with E-state index in [1.165, 1.54) is 12.3 Å². The normalized spacial score (nSPS) is 17.9. The van der Waals surface area contributed by atoms with Gasteiger partial charge in [-0.25, -0.2) is 14.8 Å². The van der Waals surface area contributed by atoms with E-state index < -0.39 is 17.4 Å². The Bertz CT molecular complexity index is 1010. The van der Waals surface area contributed by atoms with Gasteiger partial charge in [-0.1, -0.05) is 6.07 Å². The van der Waals surface area contributed by atoms with Crippen LogP contribution < -0.4 is 11.5 Å². The lowest BCUT2D eigenvalue weighted by Crippen LogP contribution is -2.38. The van der Waals surface area contributed by atoms with E-state index in [1.807, 2.05) is 13.0 Å². The number of amides is 1. The largest absolute Gasteiger partial charge is 0.477 e. The lowest BCUT2D eigenvalue weighted by atomic mass is 9.98. The van der Waals surface area contributed by atoms with Crippen LogP contribution in [0, 0.1) is 18.3 Å². The molecule has 0 saturated carbocycles. The first-order valence-corrected chi connectivity index (χ1v) is 8.45. The predicted molar refractivity (Wildman–Crippen MR) is 103 cm³/mol. The Morgan fingerprint density at radius 1 is 1.38 bits per heavy atom. The number of carbonyl (C=O) groups is 2. The molecule has 2 aromatic rings. The Hall–Kier alpha value is -3.84. The van der Waals surface area contributed by atoms with E-state index in [4.69, 9.17) is 26.6 Å². The van der Waals surface area contributed by atoms with Crippen LogP contribution in [0.2, 0.25) is 0 Å². The second kappa shape index (κ2) is 8.90. The number of carboxylic acid groups (broad SMARTS) is 1. The number of rotatable bonds is 3. The SMILES string of the molecule is C[C@@]1(c2cccc(C(N)=O)n2)COCC(N)=N1.Cc1cc(C#N)cnc1C(=O)O. The van der Waals surface area contributed by atoms with E-state index in [0.29, 0.717) is 35.9 Å². The van der Waals surface area contributed by atoms with Crippen molar-refractivity contribution in [1.29, 1.82) is 5.26 Å². The molecule has 1 amide bonds. The zero-order valence-electron chi connectivity index (χ0n) is 15.9. The highest BCUT2D eigenvalue weighted by atomic mass is 16.5. The van der Waals surface area contributed by atoms with Gasteiger partial charge < -0.3 is 21.3 Å². The van der Waals surface area contributed by atoms with Crippen LogP contribution in [-0.4, -0.2) is 46.0 Å². The van der Waals surface area contributed by atoms with Crippen molar-refractivity contribution in [3.8, 4) is 6.07 Å². The monoisotopic (exact) mass is 396 g/mol. The number of ether oxygens (including phenoxy) is 1. The van der Waals surface area contributed by atoms with Crippen molar-refractivity contribution in [3.63, 3.8) is 0 Å². The Morgan fingerprint density at radius 3 is 2.66 bits per heavy atom. The Morgan fingerprint density at radius 2 is 2.10 bits per heavy atom. The average Bonchev–Trinajstić information content (AvgIpc) is 2.68. The summed E-state index contributed by atoms with van der Waals surface area (Å²) in [5.74, 6) is -1.22. The Labute approximate surface area is 166 Å². The summed E-state index contributed by atoms with van der Waals surface area (Å²) < 4.78 is 5.34. The quantitative estimate of drug-likeness (QED) is 0.680. The average molecular weight is 396 g/mol. The van der Waals surface area contributed by atoms with Crippen LogP contribution in [-0.2, 0) is 10.3 Å². The second-order valence-electron chi connectivity index (χ2n) is 6.45. The van der Waals surface area contributed by atoms with Gasteiger partial charge in [-0.05, 0) is 37.6 Å². The minimum absolute atomic E-state index is 0.00556. The first-order chi connectivity index (χ1) is 13.7. The molecule has 3 heterocycles. The summed E-state index contributed by atoms with van der Waals surface area (Å²) in [4.78, 5) is 33.7. The number of nitriles is 1. The number of carbonyl (C=O) groups excluding carboxylic acids is 1. The van der Waals surface area contributed by atoms with Gasteiger partial charge in [0, 0.05) is 6.20 Å². The predicted octanol–water partition coefficient (Wildman–Crippen LogP) is 0.743. The fourth-order valence-electron chi connectivity index (χ4n) is 2.60. The number of hydrogen-bond acceptors (Lipinski definition) is 8. The maximum Gasteiger partial charge on any atom is 0.354 e. The van der Waals surface area contributed by atoms with Crippen molar-refractivity contribution in [2.75, 3.05) is 13.2 Å². The maximum absolute atomic E-state index is 11.1. The lowest BCUT2D eigenvalue weighted by molar-refractivity contribution is 0.0689. The Kier molecular flexibility index (Phi) is 6.59. The minimum atomic E-state index is -1.07. The number of primary amides is 1. The van der Waals surface area contributed by atoms with Crippen molar-refractivity contribution in [2.45, 2.75) is 19.4 Å². The van der Waals surface area contributed by atoms with Gasteiger partial charge in [0.1, 0.15) is 29.7 Å². The third kappa shape index (κ3) is 5.33. The standard InChI is InChI=1S/C11H14N4O2.C8H6N2O2/c1-11(6-17-5-9(12)15-11)8-4-2-3-7(14-8)10(13)16;1-5-2-6(3-9)4-10-7(5)8(11)12/h2-4H,5-6H2,1H3,(H2,12,15)(H2,13,16);2,4H,1H3,(H,11,12)/t11-;/m0./s1. The van der Waals surface area contributed by atoms with Crippen LogP contribution in [0.1, 0.15) is 44.7 Å². The molecule has 1 aliphatic rings. The molecule has 1 aliphatic heterocycles. The van der Waals surface area contributed by atoms with Gasteiger partial charge in [0.25, 0.3) is 5.91 Å². The summed E-state index contributed by atoms with van der Waals surface area (Å²) in [6.45, 7) is 4.16.